The number of sulfonamides is 1. The number of carboxylic acids is 1. The predicted molar refractivity (Wildman–Crippen MR) is 77.1 cm³/mol. The zero-order chi connectivity index (χ0) is 17.2. The van der Waals surface area contributed by atoms with E-state index in [0.717, 1.165) is 16.4 Å². The van der Waals surface area contributed by atoms with Gasteiger partial charge < -0.3 is 9.84 Å². The molecule has 23 heavy (non-hydrogen) atoms. The molecule has 1 heterocycles. The van der Waals surface area contributed by atoms with Crippen LogP contribution < -0.4 is 4.74 Å². The second-order valence-corrected chi connectivity index (χ2v) is 7.15. The van der Waals surface area contributed by atoms with Gasteiger partial charge in [-0.2, -0.15) is 4.31 Å². The van der Waals surface area contributed by atoms with Crippen LogP contribution in [0.5, 0.6) is 5.75 Å². The third-order valence-electron chi connectivity index (χ3n) is 3.80. The van der Waals surface area contributed by atoms with Crippen molar-refractivity contribution in [3.05, 3.63) is 23.8 Å². The maximum atomic E-state index is 13.2. The summed E-state index contributed by atoms with van der Waals surface area (Å²) in [4.78, 5) is 10.5. The molecule has 0 amide bonds. The highest BCUT2D eigenvalue weighted by molar-refractivity contribution is 7.89. The van der Waals surface area contributed by atoms with Crippen molar-refractivity contribution in [2.24, 2.45) is 5.92 Å². The molecule has 128 valence electrons. The summed E-state index contributed by atoms with van der Waals surface area (Å²) in [6, 6.07) is 3.34. The van der Waals surface area contributed by atoms with E-state index in [1.165, 1.54) is 13.2 Å². The summed E-state index contributed by atoms with van der Waals surface area (Å²) >= 11 is 0. The maximum absolute atomic E-state index is 13.2. The van der Waals surface area contributed by atoms with Crippen molar-refractivity contribution in [3.8, 4) is 5.75 Å². The molecule has 2 rings (SSSR count). The smallest absolute Gasteiger partial charge is 0.307 e. The highest BCUT2D eigenvalue weighted by Crippen LogP contribution is 2.33. The van der Waals surface area contributed by atoms with Gasteiger partial charge >= 0.3 is 5.97 Å². The first kappa shape index (κ1) is 17.6. The Bertz CT molecular complexity index is 692. The first-order valence-electron chi connectivity index (χ1n) is 6.96. The van der Waals surface area contributed by atoms with Crippen molar-refractivity contribution >= 4 is 16.0 Å². The molecule has 1 aliphatic heterocycles. The molecule has 1 atom stereocenters. The van der Waals surface area contributed by atoms with Crippen molar-refractivity contribution in [3.63, 3.8) is 0 Å². The molecule has 0 bridgehead atoms. The van der Waals surface area contributed by atoms with Gasteiger partial charge in [0.25, 0.3) is 6.43 Å². The van der Waals surface area contributed by atoms with E-state index >= 15 is 0 Å². The number of aliphatic carboxylic acids is 1. The van der Waals surface area contributed by atoms with E-state index in [1.807, 2.05) is 0 Å². The van der Waals surface area contributed by atoms with Gasteiger partial charge in [0.05, 0.1) is 17.9 Å². The number of hydrogen-bond donors (Lipinski definition) is 1. The van der Waals surface area contributed by atoms with Crippen molar-refractivity contribution in [1.29, 1.82) is 0 Å². The van der Waals surface area contributed by atoms with Gasteiger partial charge in [-0.3, -0.25) is 4.79 Å². The molecule has 1 aromatic carbocycles. The van der Waals surface area contributed by atoms with Crippen LogP contribution in [0.25, 0.3) is 0 Å². The molecule has 1 aromatic rings. The second-order valence-electron chi connectivity index (χ2n) is 5.24. The molecular formula is C14H17F2NO5S. The molecule has 1 N–H and O–H groups in total. The van der Waals surface area contributed by atoms with Crippen LogP contribution in [0.4, 0.5) is 8.78 Å². The summed E-state index contributed by atoms with van der Waals surface area (Å²) in [6.07, 6.45) is -2.25. The summed E-state index contributed by atoms with van der Waals surface area (Å²) in [7, 11) is -2.90. The molecule has 0 saturated carbocycles. The van der Waals surface area contributed by atoms with Crippen molar-refractivity contribution in [2.45, 2.75) is 24.2 Å². The van der Waals surface area contributed by atoms with Gasteiger partial charge in [-0.05, 0) is 31.0 Å². The second kappa shape index (κ2) is 6.79. The van der Waals surface area contributed by atoms with Crippen LogP contribution in [0.3, 0.4) is 0 Å². The third-order valence-corrected chi connectivity index (χ3v) is 5.74. The largest absolute Gasteiger partial charge is 0.497 e. The minimum atomic E-state index is -4.19. The first-order valence-corrected chi connectivity index (χ1v) is 8.40. The SMILES string of the molecule is COc1ccc(S(=O)(=O)N2CCCC(C(=O)O)C2)c(C(F)F)c1. The Balaban J connectivity index is 2.41. The topological polar surface area (TPSA) is 83.9 Å². The fourth-order valence-corrected chi connectivity index (χ4v) is 4.27. The lowest BCUT2D eigenvalue weighted by Gasteiger charge is -2.30. The molecule has 1 saturated heterocycles. The van der Waals surface area contributed by atoms with Gasteiger partial charge in [0.2, 0.25) is 10.0 Å². The minimum Gasteiger partial charge on any atom is -0.497 e. The molecule has 0 radical (unpaired) electrons. The van der Waals surface area contributed by atoms with E-state index < -0.39 is 38.8 Å². The average Bonchev–Trinajstić information content (AvgIpc) is 2.54. The highest BCUT2D eigenvalue weighted by atomic mass is 32.2. The quantitative estimate of drug-likeness (QED) is 0.880. The fourth-order valence-electron chi connectivity index (χ4n) is 2.56. The van der Waals surface area contributed by atoms with Gasteiger partial charge in [0, 0.05) is 18.7 Å². The number of nitrogens with zero attached hydrogens (tertiary/aromatic N) is 1. The summed E-state index contributed by atoms with van der Waals surface area (Å²) in [5, 5.41) is 9.05. The van der Waals surface area contributed by atoms with Crippen LogP contribution >= 0.6 is 0 Å². The normalized spacial score (nSPS) is 19.7. The Morgan fingerprint density at radius 1 is 1.43 bits per heavy atom. The minimum absolute atomic E-state index is 0.112. The molecule has 1 unspecified atom stereocenters. The van der Waals surface area contributed by atoms with Crippen LogP contribution in [0.1, 0.15) is 24.8 Å². The lowest BCUT2D eigenvalue weighted by Crippen LogP contribution is -2.42. The predicted octanol–water partition coefficient (Wildman–Crippen LogP) is 2.12. The Labute approximate surface area is 132 Å². The van der Waals surface area contributed by atoms with Gasteiger partial charge in [-0.15, -0.1) is 0 Å². The number of alkyl halides is 2. The number of halogens is 2. The number of ether oxygens (including phenoxy) is 1. The lowest BCUT2D eigenvalue weighted by atomic mass is 10.0. The standard InChI is InChI=1S/C14H17F2NO5S/c1-22-10-4-5-12(11(7-10)13(15)16)23(20,21)17-6-2-3-9(8-17)14(18)19/h4-5,7,9,13H,2-3,6,8H2,1H3,(H,18,19). The maximum Gasteiger partial charge on any atom is 0.307 e. The lowest BCUT2D eigenvalue weighted by molar-refractivity contribution is -0.142. The Morgan fingerprint density at radius 2 is 2.13 bits per heavy atom. The first-order chi connectivity index (χ1) is 10.8. The number of carbonyl (C=O) groups is 1. The zero-order valence-electron chi connectivity index (χ0n) is 12.4. The van der Waals surface area contributed by atoms with Crippen LogP contribution in [-0.4, -0.2) is 44.0 Å². The summed E-state index contributed by atoms with van der Waals surface area (Å²) < 4.78 is 57.5. The van der Waals surface area contributed by atoms with Crippen LogP contribution in [0.2, 0.25) is 0 Å². The van der Waals surface area contributed by atoms with E-state index in [0.29, 0.717) is 12.8 Å². The van der Waals surface area contributed by atoms with Crippen LogP contribution in [0.15, 0.2) is 23.1 Å². The number of methoxy groups -OCH3 is 1. The number of rotatable bonds is 5. The van der Waals surface area contributed by atoms with Crippen molar-refractivity contribution in [2.75, 3.05) is 20.2 Å². The van der Waals surface area contributed by atoms with Crippen molar-refractivity contribution < 1.29 is 31.8 Å². The molecule has 0 spiro atoms. The molecule has 0 aromatic heterocycles. The molecule has 1 aliphatic rings. The Hall–Kier alpha value is -1.74. The van der Waals surface area contributed by atoms with E-state index in [4.69, 9.17) is 9.84 Å². The number of hydrogen-bond acceptors (Lipinski definition) is 4. The molecular weight excluding hydrogens is 332 g/mol. The monoisotopic (exact) mass is 349 g/mol. The zero-order valence-corrected chi connectivity index (χ0v) is 13.2. The molecule has 0 aliphatic carbocycles. The third kappa shape index (κ3) is 3.61. The molecule has 9 heteroatoms. The van der Waals surface area contributed by atoms with Gasteiger partial charge in [0.15, 0.2) is 0 Å². The Morgan fingerprint density at radius 3 is 2.70 bits per heavy atom. The van der Waals surface area contributed by atoms with Gasteiger partial charge in [0.1, 0.15) is 5.75 Å². The summed E-state index contributed by atoms with van der Waals surface area (Å²) in [6.45, 7) is -0.104. The molecule has 1 fully saturated rings. The Kier molecular flexibility index (Phi) is 5.20. The van der Waals surface area contributed by atoms with Gasteiger partial charge in [-0.25, -0.2) is 17.2 Å². The number of benzene rings is 1. The van der Waals surface area contributed by atoms with Crippen LogP contribution in [0, 0.1) is 5.92 Å². The van der Waals surface area contributed by atoms with Crippen molar-refractivity contribution in [1.82, 2.24) is 4.31 Å². The van der Waals surface area contributed by atoms with E-state index in [-0.39, 0.29) is 18.8 Å². The number of piperidine rings is 1. The van der Waals surface area contributed by atoms with E-state index in [9.17, 15) is 22.0 Å². The fraction of sp³-hybridized carbons (Fsp3) is 0.500. The van der Waals surface area contributed by atoms with E-state index in [2.05, 4.69) is 0 Å². The summed E-state index contributed by atoms with van der Waals surface area (Å²) in [5.74, 6) is -1.79. The molecule has 6 nitrogen and oxygen atoms in total. The van der Waals surface area contributed by atoms with Gasteiger partial charge in [-0.1, -0.05) is 0 Å². The van der Waals surface area contributed by atoms with Crippen LogP contribution in [-0.2, 0) is 14.8 Å². The number of carboxylic acid groups (broad SMARTS) is 1. The average molecular weight is 349 g/mol. The highest BCUT2D eigenvalue weighted by Gasteiger charge is 2.35. The summed E-state index contributed by atoms with van der Waals surface area (Å²) in [5.41, 5.74) is -0.651. The van der Waals surface area contributed by atoms with E-state index in [1.54, 1.807) is 0 Å².